The van der Waals surface area contributed by atoms with Crippen molar-refractivity contribution in [3.63, 3.8) is 0 Å². The van der Waals surface area contributed by atoms with Gasteiger partial charge in [0.2, 0.25) is 0 Å². The van der Waals surface area contributed by atoms with Crippen molar-refractivity contribution < 1.29 is 18.7 Å². The maximum atomic E-state index is 13.1. The lowest BCUT2D eigenvalue weighted by molar-refractivity contribution is 0.154. The topological polar surface area (TPSA) is 61.4 Å². The summed E-state index contributed by atoms with van der Waals surface area (Å²) in [5.74, 6) is -1.39. The highest BCUT2D eigenvalue weighted by atomic mass is 19.2. The standard InChI is InChI=1S/C17H24F2N2O2/c1-11(3-4-12-5-8-14(18)15(19)9-12)20-16(23)21-17(2,10-22)13-6-7-13/h5,8-9,11,13,22H,3-4,6-7,10H2,1-2H3,(H2,20,21,23). The Morgan fingerprint density at radius 3 is 2.65 bits per heavy atom. The van der Waals surface area contributed by atoms with Gasteiger partial charge in [-0.3, -0.25) is 0 Å². The van der Waals surface area contributed by atoms with Crippen LogP contribution in [0, 0.1) is 17.6 Å². The van der Waals surface area contributed by atoms with E-state index < -0.39 is 17.2 Å². The third-order valence-corrected chi connectivity index (χ3v) is 4.43. The van der Waals surface area contributed by atoms with Crippen molar-refractivity contribution in [2.75, 3.05) is 6.61 Å². The Morgan fingerprint density at radius 2 is 2.09 bits per heavy atom. The Hall–Kier alpha value is -1.69. The highest BCUT2D eigenvalue weighted by molar-refractivity contribution is 5.75. The highest BCUT2D eigenvalue weighted by Gasteiger charge is 2.42. The normalized spacial score (nSPS) is 18.1. The average molecular weight is 326 g/mol. The van der Waals surface area contributed by atoms with Crippen molar-refractivity contribution in [1.29, 1.82) is 0 Å². The molecule has 2 atom stereocenters. The molecule has 1 aromatic rings. The lowest BCUT2D eigenvalue weighted by Crippen LogP contribution is -2.55. The fourth-order valence-corrected chi connectivity index (χ4v) is 2.66. The molecular weight excluding hydrogens is 302 g/mol. The minimum Gasteiger partial charge on any atom is -0.394 e. The molecule has 3 N–H and O–H groups in total. The fraction of sp³-hybridized carbons (Fsp3) is 0.588. The molecule has 23 heavy (non-hydrogen) atoms. The van der Waals surface area contributed by atoms with Gasteiger partial charge in [0.1, 0.15) is 0 Å². The monoisotopic (exact) mass is 326 g/mol. The Labute approximate surface area is 135 Å². The van der Waals surface area contributed by atoms with Crippen molar-refractivity contribution in [3.05, 3.63) is 35.4 Å². The predicted molar refractivity (Wildman–Crippen MR) is 84.0 cm³/mol. The van der Waals surface area contributed by atoms with Gasteiger partial charge in [0, 0.05) is 6.04 Å². The minimum absolute atomic E-state index is 0.0890. The van der Waals surface area contributed by atoms with Crippen LogP contribution in [0.1, 0.15) is 38.7 Å². The number of benzene rings is 1. The molecule has 1 saturated carbocycles. The van der Waals surface area contributed by atoms with Gasteiger partial charge in [0.25, 0.3) is 0 Å². The second-order valence-corrected chi connectivity index (χ2v) is 6.64. The van der Waals surface area contributed by atoms with Gasteiger partial charge in [-0.2, -0.15) is 0 Å². The zero-order valence-electron chi connectivity index (χ0n) is 13.5. The van der Waals surface area contributed by atoms with E-state index in [1.54, 1.807) is 6.07 Å². The zero-order chi connectivity index (χ0) is 17.0. The summed E-state index contributed by atoms with van der Waals surface area (Å²) in [4.78, 5) is 12.0. The summed E-state index contributed by atoms with van der Waals surface area (Å²) in [5, 5.41) is 15.1. The summed E-state index contributed by atoms with van der Waals surface area (Å²) in [6.07, 6.45) is 3.18. The molecular formula is C17H24F2N2O2. The highest BCUT2D eigenvalue weighted by Crippen LogP contribution is 2.39. The predicted octanol–water partition coefficient (Wildman–Crippen LogP) is 2.75. The van der Waals surface area contributed by atoms with Gasteiger partial charge < -0.3 is 15.7 Å². The molecule has 4 nitrogen and oxygen atoms in total. The van der Waals surface area contributed by atoms with E-state index in [9.17, 15) is 18.7 Å². The quantitative estimate of drug-likeness (QED) is 0.721. The third kappa shape index (κ3) is 4.89. The molecule has 1 fully saturated rings. The van der Waals surface area contributed by atoms with E-state index in [1.165, 1.54) is 6.07 Å². The lowest BCUT2D eigenvalue weighted by atomic mass is 9.97. The van der Waals surface area contributed by atoms with Gasteiger partial charge in [0.05, 0.1) is 12.1 Å². The largest absolute Gasteiger partial charge is 0.394 e. The first-order chi connectivity index (χ1) is 10.8. The van der Waals surface area contributed by atoms with E-state index in [1.807, 2.05) is 13.8 Å². The number of amides is 2. The van der Waals surface area contributed by atoms with Crippen LogP contribution in [0.2, 0.25) is 0 Å². The molecule has 2 rings (SSSR count). The Kier molecular flexibility index (Phi) is 5.57. The summed E-state index contributed by atoms with van der Waals surface area (Å²) in [6.45, 7) is 3.61. The van der Waals surface area contributed by atoms with Crippen LogP contribution in [0.4, 0.5) is 13.6 Å². The number of nitrogens with one attached hydrogen (secondary N) is 2. The molecule has 0 radical (unpaired) electrons. The van der Waals surface area contributed by atoms with Crippen molar-refractivity contribution in [2.45, 2.75) is 51.1 Å². The minimum atomic E-state index is -0.859. The van der Waals surface area contributed by atoms with Crippen molar-refractivity contribution in [3.8, 4) is 0 Å². The fourth-order valence-electron chi connectivity index (χ4n) is 2.66. The maximum absolute atomic E-state index is 13.1. The average Bonchev–Trinajstić information content (AvgIpc) is 3.33. The second kappa shape index (κ2) is 7.25. The SMILES string of the molecule is CC(CCc1ccc(F)c(F)c1)NC(=O)NC(C)(CO)C1CC1. The first-order valence-electron chi connectivity index (χ1n) is 7.97. The molecule has 128 valence electrons. The number of carbonyl (C=O) groups is 1. The number of aliphatic hydroxyl groups excluding tert-OH is 1. The van der Waals surface area contributed by atoms with Crippen LogP contribution in [0.15, 0.2) is 18.2 Å². The molecule has 1 aliphatic carbocycles. The van der Waals surface area contributed by atoms with E-state index in [-0.39, 0.29) is 18.7 Å². The molecule has 2 amide bonds. The van der Waals surface area contributed by atoms with Crippen LogP contribution in [0.25, 0.3) is 0 Å². The number of carbonyl (C=O) groups excluding carboxylic acids is 1. The molecule has 0 saturated heterocycles. The molecule has 1 aromatic carbocycles. The molecule has 0 aliphatic heterocycles. The Balaban J connectivity index is 1.78. The van der Waals surface area contributed by atoms with E-state index in [0.717, 1.165) is 18.9 Å². The van der Waals surface area contributed by atoms with E-state index in [2.05, 4.69) is 10.6 Å². The Morgan fingerprint density at radius 1 is 1.39 bits per heavy atom. The number of halogens is 2. The number of urea groups is 1. The van der Waals surface area contributed by atoms with Crippen LogP contribution in [0.3, 0.4) is 0 Å². The molecule has 6 heteroatoms. The van der Waals surface area contributed by atoms with Gasteiger partial charge in [0.15, 0.2) is 11.6 Å². The number of aliphatic hydroxyl groups is 1. The summed E-state index contributed by atoms with van der Waals surface area (Å²) < 4.78 is 26.0. The van der Waals surface area contributed by atoms with Crippen molar-refractivity contribution in [2.24, 2.45) is 5.92 Å². The Bertz CT molecular complexity index is 564. The van der Waals surface area contributed by atoms with Crippen molar-refractivity contribution in [1.82, 2.24) is 10.6 Å². The second-order valence-electron chi connectivity index (χ2n) is 6.64. The summed E-state index contributed by atoms with van der Waals surface area (Å²) in [6, 6.07) is 3.40. The van der Waals surface area contributed by atoms with E-state index in [4.69, 9.17) is 0 Å². The van der Waals surface area contributed by atoms with Crippen LogP contribution >= 0.6 is 0 Å². The van der Waals surface area contributed by atoms with Gasteiger partial charge in [-0.25, -0.2) is 13.6 Å². The van der Waals surface area contributed by atoms with E-state index in [0.29, 0.717) is 24.3 Å². The van der Waals surface area contributed by atoms with Crippen LogP contribution < -0.4 is 10.6 Å². The van der Waals surface area contributed by atoms with Gasteiger partial charge in [-0.05, 0) is 63.1 Å². The molecule has 1 aliphatic rings. The zero-order valence-corrected chi connectivity index (χ0v) is 13.5. The number of hydrogen-bond donors (Lipinski definition) is 3. The summed E-state index contributed by atoms with van der Waals surface area (Å²) in [5.41, 5.74) is 0.111. The third-order valence-electron chi connectivity index (χ3n) is 4.43. The number of hydrogen-bond acceptors (Lipinski definition) is 2. The first kappa shape index (κ1) is 17.7. The van der Waals surface area contributed by atoms with Crippen LogP contribution in [0.5, 0.6) is 0 Å². The number of rotatable bonds is 7. The van der Waals surface area contributed by atoms with Gasteiger partial charge in [-0.1, -0.05) is 6.07 Å². The number of aryl methyl sites for hydroxylation is 1. The lowest BCUT2D eigenvalue weighted by Gasteiger charge is -2.29. The summed E-state index contributed by atoms with van der Waals surface area (Å²) in [7, 11) is 0. The molecule has 0 aromatic heterocycles. The molecule has 0 heterocycles. The summed E-state index contributed by atoms with van der Waals surface area (Å²) >= 11 is 0. The molecule has 2 unspecified atom stereocenters. The van der Waals surface area contributed by atoms with E-state index >= 15 is 0 Å². The molecule has 0 bridgehead atoms. The van der Waals surface area contributed by atoms with Crippen LogP contribution in [-0.4, -0.2) is 29.3 Å². The smallest absolute Gasteiger partial charge is 0.315 e. The maximum Gasteiger partial charge on any atom is 0.315 e. The molecule has 0 spiro atoms. The van der Waals surface area contributed by atoms with Gasteiger partial charge >= 0.3 is 6.03 Å². The van der Waals surface area contributed by atoms with Crippen molar-refractivity contribution >= 4 is 6.03 Å². The van der Waals surface area contributed by atoms with Gasteiger partial charge in [-0.15, -0.1) is 0 Å². The first-order valence-corrected chi connectivity index (χ1v) is 7.97. The van der Waals surface area contributed by atoms with Crippen LogP contribution in [-0.2, 0) is 6.42 Å².